The van der Waals surface area contributed by atoms with Crippen molar-refractivity contribution >= 4 is 5.84 Å². The number of hydrogen-bond donors (Lipinski definition) is 2. The third-order valence-corrected chi connectivity index (χ3v) is 2.47. The van der Waals surface area contributed by atoms with Crippen LogP contribution in [0.15, 0.2) is 12.4 Å². The van der Waals surface area contributed by atoms with Crippen LogP contribution in [-0.4, -0.2) is 47.3 Å². The van der Waals surface area contributed by atoms with Crippen LogP contribution < -0.4 is 5.73 Å². The molecule has 1 aromatic heterocycles. The number of aryl methyl sites for hydroxylation is 1. The molecular weight excluding hydrogens is 218 g/mol. The Morgan fingerprint density at radius 1 is 1.59 bits per heavy atom. The van der Waals surface area contributed by atoms with E-state index in [0.29, 0.717) is 13.0 Å². The third-order valence-electron chi connectivity index (χ3n) is 2.47. The molecule has 0 saturated heterocycles. The smallest absolute Gasteiger partial charge is 0.0918 e. The number of ether oxygens (including phenoxy) is 1. The second-order valence-corrected chi connectivity index (χ2v) is 4.07. The lowest BCUT2D eigenvalue weighted by Crippen LogP contribution is -2.30. The van der Waals surface area contributed by atoms with Crippen LogP contribution in [0.5, 0.6) is 0 Å². The molecule has 6 heteroatoms. The van der Waals surface area contributed by atoms with Gasteiger partial charge in [-0.3, -0.25) is 15.0 Å². The van der Waals surface area contributed by atoms with Gasteiger partial charge in [-0.25, -0.2) is 0 Å². The second-order valence-electron chi connectivity index (χ2n) is 4.07. The summed E-state index contributed by atoms with van der Waals surface area (Å²) in [6.45, 7) is 3.09. The number of amidine groups is 1. The quantitative estimate of drug-likeness (QED) is 0.501. The average molecular weight is 239 g/mol. The number of rotatable bonds is 8. The van der Waals surface area contributed by atoms with Gasteiger partial charge in [0.1, 0.15) is 0 Å². The van der Waals surface area contributed by atoms with Gasteiger partial charge >= 0.3 is 0 Å². The molecule has 3 N–H and O–H groups in total. The van der Waals surface area contributed by atoms with Crippen molar-refractivity contribution in [2.24, 2.45) is 12.8 Å². The van der Waals surface area contributed by atoms with Gasteiger partial charge in [0, 0.05) is 52.0 Å². The highest BCUT2D eigenvalue weighted by Gasteiger charge is 2.07. The highest BCUT2D eigenvalue weighted by Crippen LogP contribution is 2.03. The SMILES string of the molecule is COCCN(CCC(=N)N)Cc1cnn(C)c1. The van der Waals surface area contributed by atoms with Gasteiger partial charge in [0.25, 0.3) is 0 Å². The van der Waals surface area contributed by atoms with Gasteiger partial charge in [-0.1, -0.05) is 0 Å². The fourth-order valence-corrected chi connectivity index (χ4v) is 1.58. The number of hydrogen-bond acceptors (Lipinski definition) is 4. The summed E-state index contributed by atoms with van der Waals surface area (Å²) in [5.74, 6) is 0.221. The first kappa shape index (κ1) is 13.7. The largest absolute Gasteiger partial charge is 0.388 e. The fraction of sp³-hybridized carbons (Fsp3) is 0.636. The van der Waals surface area contributed by atoms with Crippen LogP contribution in [0, 0.1) is 5.41 Å². The summed E-state index contributed by atoms with van der Waals surface area (Å²) in [5.41, 5.74) is 6.54. The lowest BCUT2D eigenvalue weighted by atomic mass is 10.3. The molecule has 0 unspecified atom stereocenters. The number of methoxy groups -OCH3 is 1. The highest BCUT2D eigenvalue weighted by molar-refractivity contribution is 5.76. The monoisotopic (exact) mass is 239 g/mol. The summed E-state index contributed by atoms with van der Waals surface area (Å²) in [5, 5.41) is 11.4. The van der Waals surface area contributed by atoms with Crippen molar-refractivity contribution in [3.05, 3.63) is 18.0 Å². The Morgan fingerprint density at radius 3 is 2.88 bits per heavy atom. The molecule has 96 valence electrons. The summed E-state index contributed by atoms with van der Waals surface area (Å²) in [6.07, 6.45) is 4.44. The summed E-state index contributed by atoms with van der Waals surface area (Å²) in [7, 11) is 3.59. The van der Waals surface area contributed by atoms with Crippen LogP contribution in [0.2, 0.25) is 0 Å². The molecule has 0 aromatic carbocycles. The minimum atomic E-state index is 0.221. The van der Waals surface area contributed by atoms with Gasteiger partial charge in [0.2, 0.25) is 0 Å². The number of nitrogens with one attached hydrogen (secondary N) is 1. The molecule has 1 heterocycles. The van der Waals surface area contributed by atoms with E-state index in [0.717, 1.165) is 25.2 Å². The maximum atomic E-state index is 7.25. The molecule has 1 rings (SSSR count). The highest BCUT2D eigenvalue weighted by atomic mass is 16.5. The Bertz CT molecular complexity index is 349. The molecule has 0 amide bonds. The zero-order valence-corrected chi connectivity index (χ0v) is 10.5. The van der Waals surface area contributed by atoms with Crippen molar-refractivity contribution in [3.63, 3.8) is 0 Å². The van der Waals surface area contributed by atoms with E-state index in [1.165, 1.54) is 0 Å². The molecule has 0 radical (unpaired) electrons. The Hall–Kier alpha value is -1.40. The van der Waals surface area contributed by atoms with Crippen molar-refractivity contribution in [2.45, 2.75) is 13.0 Å². The van der Waals surface area contributed by atoms with Crippen LogP contribution in [0.1, 0.15) is 12.0 Å². The van der Waals surface area contributed by atoms with E-state index >= 15 is 0 Å². The molecule has 17 heavy (non-hydrogen) atoms. The molecule has 0 saturated carbocycles. The van der Waals surface area contributed by atoms with E-state index in [2.05, 4.69) is 10.00 Å². The van der Waals surface area contributed by atoms with Crippen molar-refractivity contribution < 1.29 is 4.74 Å². The first-order chi connectivity index (χ1) is 8.11. The average Bonchev–Trinajstić information content (AvgIpc) is 2.68. The molecule has 1 aromatic rings. The van der Waals surface area contributed by atoms with Crippen molar-refractivity contribution in [1.82, 2.24) is 14.7 Å². The minimum absolute atomic E-state index is 0.221. The first-order valence-electron chi connectivity index (χ1n) is 5.63. The zero-order valence-electron chi connectivity index (χ0n) is 10.5. The normalized spacial score (nSPS) is 11.0. The molecule has 0 bridgehead atoms. The molecule has 0 spiro atoms. The summed E-state index contributed by atoms with van der Waals surface area (Å²) < 4.78 is 6.86. The van der Waals surface area contributed by atoms with Crippen molar-refractivity contribution in [3.8, 4) is 0 Å². The predicted molar refractivity (Wildman–Crippen MR) is 66.9 cm³/mol. The summed E-state index contributed by atoms with van der Waals surface area (Å²) in [6, 6.07) is 0. The van der Waals surface area contributed by atoms with E-state index in [9.17, 15) is 0 Å². The standard InChI is InChI=1S/C11H21N5O/c1-15-8-10(7-14-15)9-16(5-6-17-2)4-3-11(12)13/h7-8H,3-6,9H2,1-2H3,(H3,12,13). The minimum Gasteiger partial charge on any atom is -0.388 e. The molecule has 6 nitrogen and oxygen atoms in total. The van der Waals surface area contributed by atoms with Gasteiger partial charge < -0.3 is 10.5 Å². The van der Waals surface area contributed by atoms with Gasteiger partial charge in [-0.2, -0.15) is 5.10 Å². The molecule has 0 aliphatic rings. The zero-order chi connectivity index (χ0) is 12.7. The van der Waals surface area contributed by atoms with Gasteiger partial charge in [0.15, 0.2) is 0 Å². The van der Waals surface area contributed by atoms with Crippen LogP contribution in [0.25, 0.3) is 0 Å². The molecule has 0 aliphatic carbocycles. The number of aromatic nitrogens is 2. The Kier molecular flexibility index (Phi) is 5.65. The maximum absolute atomic E-state index is 7.25. The van der Waals surface area contributed by atoms with E-state index in [4.69, 9.17) is 15.9 Å². The van der Waals surface area contributed by atoms with Crippen LogP contribution in [-0.2, 0) is 18.3 Å². The Labute approximate surface area is 102 Å². The van der Waals surface area contributed by atoms with Crippen LogP contribution >= 0.6 is 0 Å². The van der Waals surface area contributed by atoms with E-state index in [-0.39, 0.29) is 5.84 Å². The number of nitrogens with two attached hydrogens (primary N) is 1. The topological polar surface area (TPSA) is 80.2 Å². The van der Waals surface area contributed by atoms with E-state index in [1.807, 2.05) is 19.4 Å². The van der Waals surface area contributed by atoms with Crippen molar-refractivity contribution in [2.75, 3.05) is 26.8 Å². The number of nitrogens with zero attached hydrogens (tertiary/aromatic N) is 3. The predicted octanol–water partition coefficient (Wildman–Crippen LogP) is 0.195. The van der Waals surface area contributed by atoms with E-state index < -0.39 is 0 Å². The third kappa shape index (κ3) is 5.46. The Balaban J connectivity index is 2.47. The first-order valence-corrected chi connectivity index (χ1v) is 5.63. The van der Waals surface area contributed by atoms with Gasteiger partial charge in [-0.15, -0.1) is 0 Å². The molecule has 0 aliphatic heterocycles. The Morgan fingerprint density at radius 2 is 2.35 bits per heavy atom. The van der Waals surface area contributed by atoms with Crippen LogP contribution in [0.3, 0.4) is 0 Å². The fourth-order valence-electron chi connectivity index (χ4n) is 1.58. The van der Waals surface area contributed by atoms with E-state index in [1.54, 1.807) is 11.8 Å². The molecule has 0 fully saturated rings. The summed E-state index contributed by atoms with van der Waals surface area (Å²) >= 11 is 0. The van der Waals surface area contributed by atoms with Crippen LogP contribution in [0.4, 0.5) is 0 Å². The van der Waals surface area contributed by atoms with Gasteiger partial charge in [-0.05, 0) is 0 Å². The van der Waals surface area contributed by atoms with Crippen molar-refractivity contribution in [1.29, 1.82) is 5.41 Å². The van der Waals surface area contributed by atoms with Gasteiger partial charge in [0.05, 0.1) is 18.6 Å². The molecule has 0 atom stereocenters. The summed E-state index contributed by atoms with van der Waals surface area (Å²) in [4.78, 5) is 2.21. The second kappa shape index (κ2) is 7.03. The lowest BCUT2D eigenvalue weighted by molar-refractivity contribution is 0.145. The maximum Gasteiger partial charge on any atom is 0.0918 e. The lowest BCUT2D eigenvalue weighted by Gasteiger charge is -2.20. The molecular formula is C11H21N5O.